The fraction of sp³-hybridized carbons (Fsp3) is 0.727. The average molecular weight is 276 g/mol. The summed E-state index contributed by atoms with van der Waals surface area (Å²) in [5.41, 5.74) is 0.0424. The van der Waals surface area contributed by atoms with Crippen LogP contribution in [0.4, 0.5) is 0 Å². The van der Waals surface area contributed by atoms with Gasteiger partial charge in [-0.2, -0.15) is 0 Å². The zero-order valence-corrected chi connectivity index (χ0v) is 12.0. The third-order valence-electron chi connectivity index (χ3n) is 2.77. The summed E-state index contributed by atoms with van der Waals surface area (Å²) in [6.07, 6.45) is 0.525. The first kappa shape index (κ1) is 15.1. The van der Waals surface area contributed by atoms with E-state index in [0.717, 1.165) is 0 Å². The zero-order valence-electron chi connectivity index (χ0n) is 11.1. The SMILES string of the molecule is Cc1noc(C)c1S(=O)(=O)NCC(C)(C)CCO. The minimum Gasteiger partial charge on any atom is -0.396 e. The van der Waals surface area contributed by atoms with Gasteiger partial charge in [0.05, 0.1) is 0 Å². The van der Waals surface area contributed by atoms with E-state index in [1.165, 1.54) is 0 Å². The van der Waals surface area contributed by atoms with Crippen LogP contribution in [-0.4, -0.2) is 31.8 Å². The van der Waals surface area contributed by atoms with Gasteiger partial charge >= 0.3 is 0 Å². The van der Waals surface area contributed by atoms with Crippen molar-refractivity contribution in [3.05, 3.63) is 11.5 Å². The summed E-state index contributed by atoms with van der Waals surface area (Å²) in [6, 6.07) is 0. The van der Waals surface area contributed by atoms with Crippen molar-refractivity contribution in [2.45, 2.75) is 39.0 Å². The van der Waals surface area contributed by atoms with Gasteiger partial charge in [0.1, 0.15) is 10.6 Å². The monoisotopic (exact) mass is 276 g/mol. The second kappa shape index (κ2) is 5.38. The molecule has 0 aliphatic rings. The molecule has 7 heteroatoms. The van der Waals surface area contributed by atoms with Gasteiger partial charge < -0.3 is 9.63 Å². The van der Waals surface area contributed by atoms with Crippen LogP contribution in [0.1, 0.15) is 31.7 Å². The van der Waals surface area contributed by atoms with E-state index in [4.69, 9.17) is 9.63 Å². The summed E-state index contributed by atoms with van der Waals surface area (Å²) in [4.78, 5) is 0.0994. The highest BCUT2D eigenvalue weighted by Crippen LogP contribution is 2.22. The Morgan fingerprint density at radius 1 is 1.39 bits per heavy atom. The minimum atomic E-state index is -3.62. The van der Waals surface area contributed by atoms with Crippen LogP contribution in [0, 0.1) is 19.3 Å². The molecule has 2 N–H and O–H groups in total. The molecule has 6 nitrogen and oxygen atoms in total. The second-order valence-electron chi connectivity index (χ2n) is 5.12. The Kier molecular flexibility index (Phi) is 4.52. The first-order chi connectivity index (χ1) is 8.19. The molecule has 18 heavy (non-hydrogen) atoms. The molecule has 0 radical (unpaired) electrons. The summed E-state index contributed by atoms with van der Waals surface area (Å²) < 4.78 is 31.6. The van der Waals surface area contributed by atoms with E-state index < -0.39 is 10.0 Å². The Balaban J connectivity index is 2.84. The topological polar surface area (TPSA) is 92.4 Å². The van der Waals surface area contributed by atoms with Crippen molar-refractivity contribution in [2.75, 3.05) is 13.2 Å². The quantitative estimate of drug-likeness (QED) is 0.808. The van der Waals surface area contributed by atoms with Crippen molar-refractivity contribution in [3.63, 3.8) is 0 Å². The standard InChI is InChI=1S/C11H20N2O4S/c1-8-10(9(2)17-13-8)18(15,16)12-7-11(3,4)5-6-14/h12,14H,5-7H2,1-4H3. The highest BCUT2D eigenvalue weighted by molar-refractivity contribution is 7.89. The van der Waals surface area contributed by atoms with Crippen LogP contribution in [0.3, 0.4) is 0 Å². The molecule has 0 saturated heterocycles. The van der Waals surface area contributed by atoms with Crippen molar-refractivity contribution >= 4 is 10.0 Å². The molecule has 0 aliphatic carbocycles. The lowest BCUT2D eigenvalue weighted by atomic mass is 9.90. The first-order valence-corrected chi connectivity index (χ1v) is 7.21. The Morgan fingerprint density at radius 3 is 2.44 bits per heavy atom. The Labute approximate surface area is 107 Å². The summed E-state index contributed by atoms with van der Waals surface area (Å²) in [5, 5.41) is 12.5. The number of rotatable bonds is 6. The van der Waals surface area contributed by atoms with Crippen LogP contribution in [0.15, 0.2) is 9.42 Å². The van der Waals surface area contributed by atoms with E-state index in [1.807, 2.05) is 13.8 Å². The molecule has 0 fully saturated rings. The number of aromatic nitrogens is 1. The van der Waals surface area contributed by atoms with Gasteiger partial charge in [-0.3, -0.25) is 0 Å². The molecule has 0 spiro atoms. The molecule has 1 aromatic heterocycles. The molecule has 0 aliphatic heterocycles. The average Bonchev–Trinajstić information content (AvgIpc) is 2.56. The number of sulfonamides is 1. The number of hydrogen-bond donors (Lipinski definition) is 2. The summed E-state index contributed by atoms with van der Waals surface area (Å²) in [5.74, 6) is 0.278. The molecule has 0 atom stereocenters. The first-order valence-electron chi connectivity index (χ1n) is 5.73. The molecule has 0 saturated carbocycles. The highest BCUT2D eigenvalue weighted by atomic mass is 32.2. The summed E-state index contributed by atoms with van der Waals surface area (Å²) in [7, 11) is -3.62. The van der Waals surface area contributed by atoms with Crippen molar-refractivity contribution in [2.24, 2.45) is 5.41 Å². The van der Waals surface area contributed by atoms with Crippen LogP contribution >= 0.6 is 0 Å². The number of aliphatic hydroxyl groups excluding tert-OH is 1. The molecular weight excluding hydrogens is 256 g/mol. The van der Waals surface area contributed by atoms with E-state index in [2.05, 4.69) is 9.88 Å². The van der Waals surface area contributed by atoms with Crippen molar-refractivity contribution in [3.8, 4) is 0 Å². The lowest BCUT2D eigenvalue weighted by Crippen LogP contribution is -2.35. The molecule has 0 bridgehead atoms. The third-order valence-corrected chi connectivity index (χ3v) is 4.41. The minimum absolute atomic E-state index is 0.0278. The Bertz CT molecular complexity index is 486. The van der Waals surface area contributed by atoms with E-state index in [0.29, 0.717) is 12.1 Å². The van der Waals surface area contributed by atoms with Gasteiger partial charge in [-0.25, -0.2) is 13.1 Å². The molecule has 1 rings (SSSR count). The molecule has 0 aromatic carbocycles. The molecule has 104 valence electrons. The largest absolute Gasteiger partial charge is 0.396 e. The van der Waals surface area contributed by atoms with Gasteiger partial charge in [0, 0.05) is 13.2 Å². The van der Waals surface area contributed by atoms with Gasteiger partial charge in [-0.1, -0.05) is 19.0 Å². The number of aryl methyl sites for hydroxylation is 2. The fourth-order valence-corrected chi connectivity index (χ4v) is 3.18. The van der Waals surface area contributed by atoms with Gasteiger partial charge in [-0.15, -0.1) is 0 Å². The Morgan fingerprint density at radius 2 is 2.00 bits per heavy atom. The van der Waals surface area contributed by atoms with E-state index >= 15 is 0 Å². The van der Waals surface area contributed by atoms with Crippen LogP contribution < -0.4 is 4.72 Å². The molecular formula is C11H20N2O4S. The van der Waals surface area contributed by atoms with Crippen molar-refractivity contribution in [1.82, 2.24) is 9.88 Å². The normalized spacial score (nSPS) is 12.9. The number of hydrogen-bond acceptors (Lipinski definition) is 5. The van der Waals surface area contributed by atoms with E-state index in [-0.39, 0.29) is 29.2 Å². The predicted molar refractivity (Wildman–Crippen MR) is 66.6 cm³/mol. The second-order valence-corrected chi connectivity index (χ2v) is 6.82. The van der Waals surface area contributed by atoms with Gasteiger partial charge in [0.25, 0.3) is 0 Å². The van der Waals surface area contributed by atoms with E-state index in [9.17, 15) is 8.42 Å². The van der Waals surface area contributed by atoms with Crippen molar-refractivity contribution < 1.29 is 18.0 Å². The third kappa shape index (κ3) is 3.54. The van der Waals surface area contributed by atoms with Crippen molar-refractivity contribution in [1.29, 1.82) is 0 Å². The summed E-state index contributed by atoms with van der Waals surface area (Å²) >= 11 is 0. The van der Waals surface area contributed by atoms with E-state index in [1.54, 1.807) is 13.8 Å². The van der Waals surface area contributed by atoms with Crippen LogP contribution in [-0.2, 0) is 10.0 Å². The number of nitrogens with one attached hydrogen (secondary N) is 1. The van der Waals surface area contributed by atoms with Crippen LogP contribution in [0.2, 0.25) is 0 Å². The smallest absolute Gasteiger partial charge is 0.245 e. The summed E-state index contributed by atoms with van der Waals surface area (Å²) in [6.45, 7) is 7.20. The van der Waals surface area contributed by atoms with Gasteiger partial charge in [0.15, 0.2) is 5.76 Å². The predicted octanol–water partition coefficient (Wildman–Crippen LogP) is 0.978. The number of aliphatic hydroxyl groups is 1. The van der Waals surface area contributed by atoms with Crippen LogP contribution in [0.25, 0.3) is 0 Å². The zero-order chi connectivity index (χ0) is 14.0. The van der Waals surface area contributed by atoms with Crippen LogP contribution in [0.5, 0.6) is 0 Å². The maximum absolute atomic E-state index is 12.1. The fourth-order valence-electron chi connectivity index (χ4n) is 1.61. The number of nitrogens with zero attached hydrogens (tertiary/aromatic N) is 1. The molecule has 0 unspecified atom stereocenters. The molecule has 0 amide bonds. The lowest BCUT2D eigenvalue weighted by molar-refractivity contribution is 0.213. The molecule has 1 aromatic rings. The maximum Gasteiger partial charge on any atom is 0.245 e. The molecule has 1 heterocycles. The lowest BCUT2D eigenvalue weighted by Gasteiger charge is -2.23. The van der Waals surface area contributed by atoms with Gasteiger partial charge in [0.2, 0.25) is 10.0 Å². The Hall–Kier alpha value is -0.920. The van der Waals surface area contributed by atoms with Gasteiger partial charge in [-0.05, 0) is 25.7 Å². The maximum atomic E-state index is 12.1. The highest BCUT2D eigenvalue weighted by Gasteiger charge is 2.27.